The molecule has 0 aliphatic rings. The van der Waals surface area contributed by atoms with Crippen molar-refractivity contribution >= 4 is 11.3 Å². The molecule has 1 heterocycles. The lowest BCUT2D eigenvalue weighted by molar-refractivity contribution is 0.0655. The molecule has 0 aliphatic carbocycles. The van der Waals surface area contributed by atoms with Crippen molar-refractivity contribution in [2.75, 3.05) is 0 Å². The van der Waals surface area contributed by atoms with Gasteiger partial charge in [0.25, 0.3) is 0 Å². The highest BCUT2D eigenvalue weighted by atomic mass is 32.1. The second kappa shape index (κ2) is 5.63. The molecule has 0 spiro atoms. The fourth-order valence-electron chi connectivity index (χ4n) is 1.72. The number of aryl methyl sites for hydroxylation is 2. The number of thiazole rings is 1. The minimum Gasteiger partial charge on any atom is -0.372 e. The molecule has 0 saturated carbocycles. The van der Waals surface area contributed by atoms with Gasteiger partial charge in [-0.15, -0.1) is 11.3 Å². The fraction of sp³-hybridized carbons (Fsp3) is 0.400. The Bertz CT molecular complexity index is 514. The van der Waals surface area contributed by atoms with Gasteiger partial charge < -0.3 is 4.74 Å². The van der Waals surface area contributed by atoms with Crippen LogP contribution in [0.3, 0.4) is 0 Å². The van der Waals surface area contributed by atoms with Crippen molar-refractivity contribution in [3.8, 4) is 10.4 Å². The minimum absolute atomic E-state index is 0.247. The maximum atomic E-state index is 5.60. The van der Waals surface area contributed by atoms with Gasteiger partial charge in [0.15, 0.2) is 0 Å². The number of nitrogens with zero attached hydrogens (tertiary/aromatic N) is 1. The van der Waals surface area contributed by atoms with Gasteiger partial charge in [-0.25, -0.2) is 4.98 Å². The van der Waals surface area contributed by atoms with E-state index in [1.54, 1.807) is 11.3 Å². The van der Waals surface area contributed by atoms with Crippen molar-refractivity contribution in [3.63, 3.8) is 0 Å². The number of hydrogen-bond acceptors (Lipinski definition) is 3. The molecule has 2 aromatic rings. The topological polar surface area (TPSA) is 22.1 Å². The first-order valence-electron chi connectivity index (χ1n) is 6.21. The van der Waals surface area contributed by atoms with E-state index < -0.39 is 0 Å². The first-order valence-corrected chi connectivity index (χ1v) is 7.03. The first kappa shape index (κ1) is 13.2. The van der Waals surface area contributed by atoms with E-state index in [0.29, 0.717) is 6.61 Å². The highest BCUT2D eigenvalue weighted by Crippen LogP contribution is 2.30. The lowest BCUT2D eigenvalue weighted by atomic mass is 10.1. The van der Waals surface area contributed by atoms with Gasteiger partial charge in [0.2, 0.25) is 0 Å². The quantitative estimate of drug-likeness (QED) is 0.816. The summed E-state index contributed by atoms with van der Waals surface area (Å²) in [6, 6.07) is 8.59. The van der Waals surface area contributed by atoms with Crippen LogP contribution in [-0.2, 0) is 11.3 Å². The summed E-state index contributed by atoms with van der Waals surface area (Å²) in [4.78, 5) is 5.82. The second-order valence-electron chi connectivity index (χ2n) is 4.75. The maximum absolute atomic E-state index is 5.60. The van der Waals surface area contributed by atoms with E-state index in [2.05, 4.69) is 43.1 Å². The van der Waals surface area contributed by atoms with Gasteiger partial charge in [-0.2, -0.15) is 0 Å². The summed E-state index contributed by atoms with van der Waals surface area (Å²) >= 11 is 1.72. The lowest BCUT2D eigenvalue weighted by Gasteiger charge is -2.03. The van der Waals surface area contributed by atoms with Crippen LogP contribution in [-0.4, -0.2) is 11.1 Å². The Morgan fingerprint density at radius 2 is 1.83 bits per heavy atom. The van der Waals surface area contributed by atoms with Gasteiger partial charge in [-0.3, -0.25) is 0 Å². The summed E-state index contributed by atoms with van der Waals surface area (Å²) in [5.41, 5.74) is 3.61. The summed E-state index contributed by atoms with van der Waals surface area (Å²) in [6.07, 6.45) is 0.247. The van der Waals surface area contributed by atoms with Gasteiger partial charge in [0.05, 0.1) is 23.3 Å². The molecule has 0 atom stereocenters. The molecular weight excluding hydrogens is 242 g/mol. The summed E-state index contributed by atoms with van der Waals surface area (Å²) < 4.78 is 5.60. The van der Waals surface area contributed by atoms with Crippen LogP contribution in [0.25, 0.3) is 10.4 Å². The molecular formula is C15H19NOS. The summed E-state index contributed by atoms with van der Waals surface area (Å²) in [5, 5.41) is 1.05. The predicted molar refractivity (Wildman–Crippen MR) is 76.9 cm³/mol. The van der Waals surface area contributed by atoms with Crippen molar-refractivity contribution in [1.82, 2.24) is 4.98 Å². The Labute approximate surface area is 113 Å². The molecule has 0 N–H and O–H groups in total. The molecule has 0 fully saturated rings. The number of hydrogen-bond donors (Lipinski definition) is 0. The van der Waals surface area contributed by atoms with Crippen LogP contribution in [0.4, 0.5) is 0 Å². The van der Waals surface area contributed by atoms with E-state index in [9.17, 15) is 0 Å². The molecule has 0 unspecified atom stereocenters. The molecule has 18 heavy (non-hydrogen) atoms. The smallest absolute Gasteiger partial charge is 0.119 e. The average Bonchev–Trinajstić information content (AvgIpc) is 2.69. The lowest BCUT2D eigenvalue weighted by Crippen LogP contribution is -2.01. The highest BCUT2D eigenvalue weighted by Gasteiger charge is 2.10. The molecule has 0 saturated heterocycles. The number of aromatic nitrogens is 1. The van der Waals surface area contributed by atoms with Crippen LogP contribution in [0.15, 0.2) is 24.3 Å². The Morgan fingerprint density at radius 3 is 2.44 bits per heavy atom. The third kappa shape index (κ3) is 3.18. The van der Waals surface area contributed by atoms with E-state index in [1.165, 1.54) is 16.0 Å². The van der Waals surface area contributed by atoms with Crippen LogP contribution < -0.4 is 0 Å². The molecule has 0 bridgehead atoms. The van der Waals surface area contributed by atoms with Crippen LogP contribution in [0, 0.1) is 13.8 Å². The van der Waals surface area contributed by atoms with Gasteiger partial charge in [-0.05, 0) is 33.3 Å². The minimum atomic E-state index is 0.247. The van der Waals surface area contributed by atoms with E-state index >= 15 is 0 Å². The third-order valence-corrected chi connectivity index (χ3v) is 3.87. The zero-order valence-corrected chi connectivity index (χ0v) is 12.2. The SMILES string of the molecule is Cc1ccc(-c2sc(COC(C)C)nc2C)cc1. The molecule has 0 amide bonds. The zero-order chi connectivity index (χ0) is 13.1. The zero-order valence-electron chi connectivity index (χ0n) is 11.4. The normalized spacial score (nSPS) is 11.2. The van der Waals surface area contributed by atoms with Crippen LogP contribution in [0.5, 0.6) is 0 Å². The monoisotopic (exact) mass is 261 g/mol. The highest BCUT2D eigenvalue weighted by molar-refractivity contribution is 7.15. The average molecular weight is 261 g/mol. The van der Waals surface area contributed by atoms with E-state index in [1.807, 2.05) is 13.8 Å². The van der Waals surface area contributed by atoms with Gasteiger partial charge in [-0.1, -0.05) is 29.8 Å². The van der Waals surface area contributed by atoms with E-state index in [0.717, 1.165) is 10.7 Å². The Balaban J connectivity index is 2.21. The fourth-order valence-corrected chi connectivity index (χ4v) is 2.72. The molecule has 3 heteroatoms. The summed E-state index contributed by atoms with van der Waals surface area (Å²) in [7, 11) is 0. The van der Waals surface area contributed by atoms with Crippen LogP contribution in [0.1, 0.15) is 30.1 Å². The number of rotatable bonds is 4. The molecule has 1 aromatic heterocycles. The van der Waals surface area contributed by atoms with Gasteiger partial charge >= 0.3 is 0 Å². The Kier molecular flexibility index (Phi) is 4.15. The maximum Gasteiger partial charge on any atom is 0.119 e. The molecule has 0 radical (unpaired) electrons. The first-order chi connectivity index (χ1) is 8.56. The summed E-state index contributed by atoms with van der Waals surface area (Å²) in [6.45, 7) is 8.85. The van der Waals surface area contributed by atoms with Crippen molar-refractivity contribution in [2.24, 2.45) is 0 Å². The molecule has 2 rings (SSSR count). The number of benzene rings is 1. The van der Waals surface area contributed by atoms with Crippen LogP contribution in [0.2, 0.25) is 0 Å². The van der Waals surface area contributed by atoms with Crippen molar-refractivity contribution < 1.29 is 4.74 Å². The van der Waals surface area contributed by atoms with Crippen molar-refractivity contribution in [1.29, 1.82) is 0 Å². The predicted octanol–water partition coefficient (Wildman–Crippen LogP) is 4.35. The molecule has 96 valence electrons. The standard InChI is InChI=1S/C15H19NOS/c1-10(2)17-9-14-16-12(4)15(18-14)13-7-5-11(3)6-8-13/h5-8,10H,9H2,1-4H3. The molecule has 2 nitrogen and oxygen atoms in total. The van der Waals surface area contributed by atoms with Gasteiger partial charge in [0.1, 0.15) is 5.01 Å². The second-order valence-corrected chi connectivity index (χ2v) is 5.83. The Morgan fingerprint density at radius 1 is 1.17 bits per heavy atom. The van der Waals surface area contributed by atoms with Crippen LogP contribution >= 0.6 is 11.3 Å². The van der Waals surface area contributed by atoms with Gasteiger partial charge in [0, 0.05) is 0 Å². The molecule has 0 aliphatic heterocycles. The van der Waals surface area contributed by atoms with Crippen molar-refractivity contribution in [3.05, 3.63) is 40.5 Å². The Hall–Kier alpha value is -1.19. The molecule has 1 aromatic carbocycles. The number of ether oxygens (including phenoxy) is 1. The van der Waals surface area contributed by atoms with E-state index in [-0.39, 0.29) is 6.10 Å². The summed E-state index contributed by atoms with van der Waals surface area (Å²) in [5.74, 6) is 0. The largest absolute Gasteiger partial charge is 0.372 e. The third-order valence-electron chi connectivity index (χ3n) is 2.69. The van der Waals surface area contributed by atoms with Crippen molar-refractivity contribution in [2.45, 2.75) is 40.4 Å². The van der Waals surface area contributed by atoms with E-state index in [4.69, 9.17) is 4.74 Å².